The summed E-state index contributed by atoms with van der Waals surface area (Å²) in [5, 5.41) is 0.366. The summed E-state index contributed by atoms with van der Waals surface area (Å²) >= 11 is 6.90. The van der Waals surface area contributed by atoms with Crippen LogP contribution in [0.25, 0.3) is 16.2 Å². The van der Waals surface area contributed by atoms with Crippen LogP contribution in [0.2, 0.25) is 5.15 Å². The van der Waals surface area contributed by atoms with Gasteiger partial charge < -0.3 is 9.47 Å². The summed E-state index contributed by atoms with van der Waals surface area (Å²) in [6, 6.07) is 0.942. The molecule has 0 saturated carbocycles. The average Bonchev–Trinajstić information content (AvgIpc) is 3.06. The molecule has 130 valence electrons. The molecule has 0 fully saturated rings. The highest BCUT2D eigenvalue weighted by atomic mass is 35.5. The number of thiazole rings is 1. The van der Waals surface area contributed by atoms with E-state index in [0.29, 0.717) is 10.2 Å². The van der Waals surface area contributed by atoms with E-state index in [1.54, 1.807) is 6.92 Å². The first-order valence-corrected chi connectivity index (χ1v) is 8.24. The van der Waals surface area contributed by atoms with E-state index in [-0.39, 0.29) is 23.2 Å². The maximum Gasteiger partial charge on any atom is 0.343 e. The molecule has 0 atom stereocenters. The zero-order chi connectivity index (χ0) is 18.1. The van der Waals surface area contributed by atoms with Crippen molar-refractivity contribution in [3.8, 4) is 10.2 Å². The van der Waals surface area contributed by atoms with Gasteiger partial charge in [0, 0.05) is 6.20 Å². The Kier molecular flexibility index (Phi) is 4.69. The van der Waals surface area contributed by atoms with Crippen LogP contribution in [0.4, 0.5) is 4.39 Å². The van der Waals surface area contributed by atoms with Crippen LogP contribution in [0.5, 0.6) is 5.06 Å². The Morgan fingerprint density at radius 2 is 2.24 bits per heavy atom. The molecule has 0 aromatic carbocycles. The van der Waals surface area contributed by atoms with E-state index in [2.05, 4.69) is 9.97 Å². The normalized spacial score (nSPS) is 10.9. The highest BCUT2D eigenvalue weighted by molar-refractivity contribution is 7.15. The number of nitrogens with zero attached hydrogens (tertiary/aromatic N) is 3. The monoisotopic (exact) mass is 383 g/mol. The number of aromatic nitrogens is 3. The number of esters is 1. The van der Waals surface area contributed by atoms with Crippen molar-refractivity contribution >= 4 is 39.9 Å². The molecule has 0 aliphatic heterocycles. The second-order valence-corrected chi connectivity index (χ2v) is 6.09. The Balaban J connectivity index is 2.36. The predicted molar refractivity (Wildman–Crippen MR) is 90.5 cm³/mol. The molecule has 25 heavy (non-hydrogen) atoms. The fourth-order valence-electron chi connectivity index (χ4n) is 2.16. The third kappa shape index (κ3) is 3.08. The largest absolute Gasteiger partial charge is 0.486 e. The van der Waals surface area contributed by atoms with Crippen LogP contribution in [0.15, 0.2) is 23.3 Å². The molecular formula is C15H11ClFN3O4S. The molecule has 0 aliphatic carbocycles. The van der Waals surface area contributed by atoms with Crippen molar-refractivity contribution in [2.24, 2.45) is 0 Å². The van der Waals surface area contributed by atoms with Crippen molar-refractivity contribution in [2.75, 3.05) is 13.7 Å². The number of rotatable bonds is 4. The predicted octanol–water partition coefficient (Wildman–Crippen LogP) is 2.82. The zero-order valence-corrected chi connectivity index (χ0v) is 14.7. The third-order valence-corrected chi connectivity index (χ3v) is 4.49. The molecule has 0 bridgehead atoms. The number of carbonyl (C=O) groups excluding carboxylic acids is 1. The standard InChI is InChI=1S/C15H11ClFN3O4S/c1-3-24-14(22)8-6-20(15-18-5-10(23-2)25-15)13-7(11(8)21)4-9(17)12(16)19-13/h4-6H,3H2,1-2H3. The van der Waals surface area contributed by atoms with Crippen LogP contribution in [0.1, 0.15) is 17.3 Å². The molecule has 3 rings (SSSR count). The molecule has 3 aromatic rings. The van der Waals surface area contributed by atoms with Gasteiger partial charge in [0.2, 0.25) is 5.43 Å². The maximum absolute atomic E-state index is 13.8. The number of hydrogen-bond acceptors (Lipinski definition) is 7. The van der Waals surface area contributed by atoms with Crippen molar-refractivity contribution in [3.63, 3.8) is 0 Å². The summed E-state index contributed by atoms with van der Waals surface area (Å²) in [6.07, 6.45) is 2.72. The topological polar surface area (TPSA) is 83.3 Å². The van der Waals surface area contributed by atoms with Crippen LogP contribution < -0.4 is 10.2 Å². The molecule has 10 heteroatoms. The molecule has 0 aliphatic rings. The van der Waals surface area contributed by atoms with Gasteiger partial charge in [-0.1, -0.05) is 22.9 Å². The van der Waals surface area contributed by atoms with Gasteiger partial charge in [-0.15, -0.1) is 0 Å². The van der Waals surface area contributed by atoms with E-state index in [1.165, 1.54) is 24.1 Å². The third-order valence-electron chi connectivity index (χ3n) is 3.26. The highest BCUT2D eigenvalue weighted by Crippen LogP contribution is 2.27. The van der Waals surface area contributed by atoms with E-state index < -0.39 is 22.4 Å². The van der Waals surface area contributed by atoms with Gasteiger partial charge in [0.25, 0.3) is 0 Å². The number of pyridine rings is 2. The van der Waals surface area contributed by atoms with Crippen LogP contribution in [0, 0.1) is 5.82 Å². The van der Waals surface area contributed by atoms with Crippen LogP contribution in [-0.2, 0) is 4.74 Å². The first-order chi connectivity index (χ1) is 12.0. The summed E-state index contributed by atoms with van der Waals surface area (Å²) in [5.41, 5.74) is -0.884. The van der Waals surface area contributed by atoms with Crippen molar-refractivity contribution < 1.29 is 18.7 Å². The van der Waals surface area contributed by atoms with Gasteiger partial charge in [-0.3, -0.25) is 9.36 Å². The molecule has 0 saturated heterocycles. The van der Waals surface area contributed by atoms with Crippen molar-refractivity contribution in [1.82, 2.24) is 14.5 Å². The minimum absolute atomic E-state index is 0.0708. The molecule has 3 aromatic heterocycles. The van der Waals surface area contributed by atoms with E-state index in [0.717, 1.165) is 17.4 Å². The average molecular weight is 384 g/mol. The fourth-order valence-corrected chi connectivity index (χ4v) is 3.00. The smallest absolute Gasteiger partial charge is 0.343 e. The molecule has 3 heterocycles. The number of fused-ring (bicyclic) bond motifs is 1. The van der Waals surface area contributed by atoms with E-state index in [4.69, 9.17) is 21.1 Å². The van der Waals surface area contributed by atoms with Gasteiger partial charge in [-0.2, -0.15) is 0 Å². The lowest BCUT2D eigenvalue weighted by Crippen LogP contribution is -2.21. The van der Waals surface area contributed by atoms with Gasteiger partial charge in [-0.05, 0) is 13.0 Å². The summed E-state index contributed by atoms with van der Waals surface area (Å²) in [7, 11) is 1.48. The number of halogens is 2. The van der Waals surface area contributed by atoms with Crippen molar-refractivity contribution in [1.29, 1.82) is 0 Å². The summed E-state index contributed by atoms with van der Waals surface area (Å²) in [5.74, 6) is -1.68. The minimum atomic E-state index is -0.865. The van der Waals surface area contributed by atoms with E-state index in [1.807, 2.05) is 0 Å². The Bertz CT molecular complexity index is 1030. The van der Waals surface area contributed by atoms with E-state index in [9.17, 15) is 14.0 Å². The van der Waals surface area contributed by atoms with Gasteiger partial charge in [-0.25, -0.2) is 19.2 Å². The van der Waals surface area contributed by atoms with Crippen LogP contribution in [0.3, 0.4) is 0 Å². The molecule has 7 nitrogen and oxygen atoms in total. The number of methoxy groups -OCH3 is 1. The highest BCUT2D eigenvalue weighted by Gasteiger charge is 2.21. The van der Waals surface area contributed by atoms with Crippen LogP contribution in [-0.4, -0.2) is 34.2 Å². The summed E-state index contributed by atoms with van der Waals surface area (Å²) < 4.78 is 25.2. The molecule has 0 radical (unpaired) electrons. The maximum atomic E-state index is 13.8. The lowest BCUT2D eigenvalue weighted by Gasteiger charge is -2.10. The quantitative estimate of drug-likeness (QED) is 0.509. The number of ether oxygens (including phenoxy) is 2. The van der Waals surface area contributed by atoms with Gasteiger partial charge in [0.15, 0.2) is 26.8 Å². The van der Waals surface area contributed by atoms with Gasteiger partial charge >= 0.3 is 5.97 Å². The van der Waals surface area contributed by atoms with E-state index >= 15 is 0 Å². The Morgan fingerprint density at radius 3 is 2.88 bits per heavy atom. The van der Waals surface area contributed by atoms with Crippen LogP contribution >= 0.6 is 22.9 Å². The van der Waals surface area contributed by atoms with Crippen molar-refractivity contribution in [2.45, 2.75) is 6.92 Å². The second kappa shape index (κ2) is 6.77. The lowest BCUT2D eigenvalue weighted by molar-refractivity contribution is 0.0524. The second-order valence-electron chi connectivity index (χ2n) is 4.76. The molecule has 0 unspecified atom stereocenters. The molecule has 0 N–H and O–H groups in total. The molecular weight excluding hydrogens is 373 g/mol. The Labute approximate surface area is 149 Å². The summed E-state index contributed by atoms with van der Waals surface area (Å²) in [4.78, 5) is 32.7. The van der Waals surface area contributed by atoms with Gasteiger partial charge in [0.1, 0.15) is 5.56 Å². The molecule has 0 amide bonds. The van der Waals surface area contributed by atoms with Crippen molar-refractivity contribution in [3.05, 3.63) is 45.2 Å². The molecule has 0 spiro atoms. The lowest BCUT2D eigenvalue weighted by atomic mass is 10.2. The minimum Gasteiger partial charge on any atom is -0.486 e. The summed E-state index contributed by atoms with van der Waals surface area (Å²) in [6.45, 7) is 1.71. The first-order valence-electron chi connectivity index (χ1n) is 7.05. The number of carbonyl (C=O) groups is 1. The Morgan fingerprint density at radius 1 is 1.48 bits per heavy atom. The first kappa shape index (κ1) is 17.3. The fraction of sp³-hybridized carbons (Fsp3) is 0.200. The SMILES string of the molecule is CCOC(=O)c1cn(-c2ncc(OC)s2)c2nc(Cl)c(F)cc2c1=O. The Hall–Kier alpha value is -2.52. The zero-order valence-electron chi connectivity index (χ0n) is 13.1. The number of hydrogen-bond donors (Lipinski definition) is 0. The van der Waals surface area contributed by atoms with Gasteiger partial charge in [0.05, 0.1) is 25.3 Å².